The zero-order chi connectivity index (χ0) is 8.86. The lowest BCUT2D eigenvalue weighted by atomic mass is 9.89. The summed E-state index contributed by atoms with van der Waals surface area (Å²) in [5.41, 5.74) is 0.370. The molecule has 0 N–H and O–H groups in total. The van der Waals surface area contributed by atoms with E-state index in [4.69, 9.17) is 4.74 Å². The lowest BCUT2D eigenvalue weighted by Gasteiger charge is -2.25. The fourth-order valence-corrected chi connectivity index (χ4v) is 2.07. The Kier molecular flexibility index (Phi) is 4.30. The predicted octanol–water partition coefficient (Wildman–Crippen LogP) is 3.14. The van der Waals surface area contributed by atoms with Gasteiger partial charge in [0, 0.05) is 17.4 Å². The van der Waals surface area contributed by atoms with Crippen molar-refractivity contribution in [2.75, 3.05) is 18.5 Å². The third-order valence-electron chi connectivity index (χ3n) is 2.31. The van der Waals surface area contributed by atoms with Crippen LogP contribution in [0.4, 0.5) is 0 Å². The number of hydrogen-bond donors (Lipinski definition) is 0. The Balaban J connectivity index is 2.25. The standard InChI is InChI=1S/C10H17BrO/c1-2-7-12-9-10(8-11)5-3-4-6-10/h3-4H,2,5-9H2,1H3. The van der Waals surface area contributed by atoms with Gasteiger partial charge in [0.15, 0.2) is 0 Å². The number of hydrogen-bond acceptors (Lipinski definition) is 1. The zero-order valence-corrected chi connectivity index (χ0v) is 9.27. The normalized spacial score (nSPS) is 20.2. The van der Waals surface area contributed by atoms with E-state index in [0.717, 1.165) is 25.0 Å². The summed E-state index contributed by atoms with van der Waals surface area (Å²) >= 11 is 3.57. The smallest absolute Gasteiger partial charge is 0.0536 e. The zero-order valence-electron chi connectivity index (χ0n) is 7.68. The van der Waals surface area contributed by atoms with Crippen LogP contribution in [-0.2, 0) is 4.74 Å². The minimum Gasteiger partial charge on any atom is -0.381 e. The average Bonchev–Trinajstić information content (AvgIpc) is 2.55. The van der Waals surface area contributed by atoms with E-state index in [-0.39, 0.29) is 0 Å². The maximum atomic E-state index is 5.59. The molecule has 2 heteroatoms. The number of rotatable bonds is 5. The molecule has 70 valence electrons. The largest absolute Gasteiger partial charge is 0.381 e. The molecule has 0 unspecified atom stereocenters. The molecule has 0 heterocycles. The van der Waals surface area contributed by atoms with Gasteiger partial charge in [0.1, 0.15) is 0 Å². The molecule has 1 aliphatic carbocycles. The second-order valence-corrected chi connectivity index (χ2v) is 4.13. The van der Waals surface area contributed by atoms with E-state index < -0.39 is 0 Å². The van der Waals surface area contributed by atoms with Crippen molar-refractivity contribution < 1.29 is 4.74 Å². The molecule has 0 fully saturated rings. The maximum absolute atomic E-state index is 5.59. The first-order valence-electron chi connectivity index (χ1n) is 4.62. The molecule has 0 radical (unpaired) electrons. The molecule has 0 saturated carbocycles. The monoisotopic (exact) mass is 232 g/mol. The average molecular weight is 233 g/mol. The van der Waals surface area contributed by atoms with E-state index >= 15 is 0 Å². The third kappa shape index (κ3) is 2.60. The Morgan fingerprint density at radius 1 is 1.42 bits per heavy atom. The summed E-state index contributed by atoms with van der Waals surface area (Å²) in [5.74, 6) is 0. The van der Waals surface area contributed by atoms with E-state index in [2.05, 4.69) is 35.0 Å². The first kappa shape index (κ1) is 10.3. The van der Waals surface area contributed by atoms with Crippen LogP contribution < -0.4 is 0 Å². The van der Waals surface area contributed by atoms with Crippen LogP contribution >= 0.6 is 15.9 Å². The molecular weight excluding hydrogens is 216 g/mol. The molecule has 0 spiro atoms. The van der Waals surface area contributed by atoms with Crippen molar-refractivity contribution >= 4 is 15.9 Å². The Labute approximate surface area is 83.3 Å². The second-order valence-electron chi connectivity index (χ2n) is 3.57. The summed E-state index contributed by atoms with van der Waals surface area (Å²) in [7, 11) is 0. The topological polar surface area (TPSA) is 9.23 Å². The minimum atomic E-state index is 0.370. The Bertz CT molecular complexity index is 146. The molecule has 0 aromatic heterocycles. The van der Waals surface area contributed by atoms with Gasteiger partial charge in [0.2, 0.25) is 0 Å². The molecule has 0 saturated heterocycles. The third-order valence-corrected chi connectivity index (χ3v) is 3.50. The van der Waals surface area contributed by atoms with Crippen molar-refractivity contribution in [3.8, 4) is 0 Å². The highest BCUT2D eigenvalue weighted by Crippen LogP contribution is 2.35. The van der Waals surface area contributed by atoms with Gasteiger partial charge < -0.3 is 4.74 Å². The van der Waals surface area contributed by atoms with Gasteiger partial charge in [-0.25, -0.2) is 0 Å². The van der Waals surface area contributed by atoms with Crippen LogP contribution in [0.1, 0.15) is 26.2 Å². The highest BCUT2D eigenvalue weighted by Gasteiger charge is 2.29. The molecule has 0 amide bonds. The van der Waals surface area contributed by atoms with Crippen molar-refractivity contribution in [3.05, 3.63) is 12.2 Å². The van der Waals surface area contributed by atoms with Gasteiger partial charge in [0.05, 0.1) is 6.61 Å². The van der Waals surface area contributed by atoms with Gasteiger partial charge in [0.25, 0.3) is 0 Å². The molecule has 0 aromatic carbocycles. The number of ether oxygens (including phenoxy) is 1. The summed E-state index contributed by atoms with van der Waals surface area (Å²) in [6.45, 7) is 3.95. The second kappa shape index (κ2) is 5.03. The number of alkyl halides is 1. The SMILES string of the molecule is CCCOCC1(CBr)CC=CC1. The van der Waals surface area contributed by atoms with Gasteiger partial charge in [-0.05, 0) is 19.3 Å². The maximum Gasteiger partial charge on any atom is 0.0536 e. The summed E-state index contributed by atoms with van der Waals surface area (Å²) in [4.78, 5) is 0. The predicted molar refractivity (Wildman–Crippen MR) is 55.7 cm³/mol. The Hall–Kier alpha value is 0.180. The van der Waals surface area contributed by atoms with Gasteiger partial charge in [-0.1, -0.05) is 35.0 Å². The lowest BCUT2D eigenvalue weighted by molar-refractivity contribution is 0.0628. The lowest BCUT2D eigenvalue weighted by Crippen LogP contribution is -2.25. The van der Waals surface area contributed by atoms with Crippen LogP contribution in [0.5, 0.6) is 0 Å². The van der Waals surface area contributed by atoms with Crippen molar-refractivity contribution in [2.45, 2.75) is 26.2 Å². The summed E-state index contributed by atoms with van der Waals surface area (Å²) in [6, 6.07) is 0. The molecular formula is C10H17BrO. The van der Waals surface area contributed by atoms with Crippen LogP contribution in [0, 0.1) is 5.41 Å². The highest BCUT2D eigenvalue weighted by atomic mass is 79.9. The first-order chi connectivity index (χ1) is 5.83. The van der Waals surface area contributed by atoms with Crippen molar-refractivity contribution in [1.29, 1.82) is 0 Å². The van der Waals surface area contributed by atoms with E-state index in [1.54, 1.807) is 0 Å². The van der Waals surface area contributed by atoms with Crippen LogP contribution in [0.2, 0.25) is 0 Å². The molecule has 1 nitrogen and oxygen atoms in total. The number of allylic oxidation sites excluding steroid dienone is 2. The summed E-state index contributed by atoms with van der Waals surface area (Å²) in [6.07, 6.45) is 7.98. The molecule has 1 rings (SSSR count). The fourth-order valence-electron chi connectivity index (χ4n) is 1.45. The van der Waals surface area contributed by atoms with Gasteiger partial charge in [-0.2, -0.15) is 0 Å². The molecule has 0 aromatic rings. The van der Waals surface area contributed by atoms with E-state index in [9.17, 15) is 0 Å². The van der Waals surface area contributed by atoms with Gasteiger partial charge in [-0.3, -0.25) is 0 Å². The quantitative estimate of drug-likeness (QED) is 0.402. The van der Waals surface area contributed by atoms with Crippen LogP contribution in [0.15, 0.2) is 12.2 Å². The molecule has 0 atom stereocenters. The Morgan fingerprint density at radius 3 is 2.58 bits per heavy atom. The Morgan fingerprint density at radius 2 is 2.08 bits per heavy atom. The van der Waals surface area contributed by atoms with Crippen LogP contribution in [0.25, 0.3) is 0 Å². The number of halogens is 1. The van der Waals surface area contributed by atoms with Crippen molar-refractivity contribution in [2.24, 2.45) is 5.41 Å². The van der Waals surface area contributed by atoms with Crippen molar-refractivity contribution in [3.63, 3.8) is 0 Å². The van der Waals surface area contributed by atoms with Crippen LogP contribution in [-0.4, -0.2) is 18.5 Å². The molecule has 1 aliphatic rings. The van der Waals surface area contributed by atoms with E-state index in [1.807, 2.05) is 0 Å². The van der Waals surface area contributed by atoms with E-state index in [0.29, 0.717) is 5.41 Å². The van der Waals surface area contributed by atoms with E-state index in [1.165, 1.54) is 12.8 Å². The fraction of sp³-hybridized carbons (Fsp3) is 0.800. The first-order valence-corrected chi connectivity index (χ1v) is 5.74. The van der Waals surface area contributed by atoms with Crippen molar-refractivity contribution in [1.82, 2.24) is 0 Å². The highest BCUT2D eigenvalue weighted by molar-refractivity contribution is 9.09. The molecule has 0 aliphatic heterocycles. The van der Waals surface area contributed by atoms with Gasteiger partial charge >= 0.3 is 0 Å². The van der Waals surface area contributed by atoms with Gasteiger partial charge in [-0.15, -0.1) is 0 Å². The minimum absolute atomic E-state index is 0.370. The summed E-state index contributed by atoms with van der Waals surface area (Å²) < 4.78 is 5.59. The van der Waals surface area contributed by atoms with Crippen LogP contribution in [0.3, 0.4) is 0 Å². The molecule has 12 heavy (non-hydrogen) atoms. The summed E-state index contributed by atoms with van der Waals surface area (Å²) in [5, 5.41) is 1.05. The molecule has 0 bridgehead atoms.